The first-order chi connectivity index (χ1) is 7.57. The van der Waals surface area contributed by atoms with Crippen LogP contribution in [0.15, 0.2) is 12.4 Å². The van der Waals surface area contributed by atoms with Crippen LogP contribution >= 0.6 is 0 Å². The molecule has 1 aromatic heterocycles. The number of hydrogen-bond donors (Lipinski definition) is 1. The van der Waals surface area contributed by atoms with E-state index in [1.165, 1.54) is 0 Å². The zero-order valence-electron chi connectivity index (χ0n) is 10.1. The average Bonchev–Trinajstić information content (AvgIpc) is 2.30. The lowest BCUT2D eigenvalue weighted by Gasteiger charge is -2.22. The van der Waals surface area contributed by atoms with Crippen LogP contribution in [-0.4, -0.2) is 29.3 Å². The minimum Gasteiger partial charge on any atom is -0.476 e. The van der Waals surface area contributed by atoms with E-state index in [4.69, 9.17) is 15.2 Å². The molecule has 16 heavy (non-hydrogen) atoms. The standard InChI is InChI=1S/C11H19N3O2/c1-11(2,15-3)4-5-16-10-8-13-9(6-12)7-14-10/h7-8H,4-6,12H2,1-3H3. The number of aromatic nitrogens is 2. The highest BCUT2D eigenvalue weighted by Crippen LogP contribution is 2.13. The first-order valence-corrected chi connectivity index (χ1v) is 5.26. The van der Waals surface area contributed by atoms with Gasteiger partial charge in [0.05, 0.1) is 30.3 Å². The number of methoxy groups -OCH3 is 1. The first-order valence-electron chi connectivity index (χ1n) is 5.26. The zero-order chi connectivity index (χ0) is 12.0. The molecule has 0 unspecified atom stereocenters. The van der Waals surface area contributed by atoms with Gasteiger partial charge in [-0.15, -0.1) is 0 Å². The van der Waals surface area contributed by atoms with E-state index < -0.39 is 0 Å². The van der Waals surface area contributed by atoms with E-state index in [2.05, 4.69) is 9.97 Å². The van der Waals surface area contributed by atoms with E-state index in [1.54, 1.807) is 19.5 Å². The Morgan fingerprint density at radius 1 is 1.31 bits per heavy atom. The first kappa shape index (κ1) is 12.9. The van der Waals surface area contributed by atoms with Gasteiger partial charge in [0.25, 0.3) is 0 Å². The average molecular weight is 225 g/mol. The van der Waals surface area contributed by atoms with Gasteiger partial charge in [-0.05, 0) is 13.8 Å². The summed E-state index contributed by atoms with van der Waals surface area (Å²) in [5.41, 5.74) is 5.99. The van der Waals surface area contributed by atoms with Gasteiger partial charge in [0.1, 0.15) is 0 Å². The van der Waals surface area contributed by atoms with Crippen LogP contribution in [0.2, 0.25) is 0 Å². The quantitative estimate of drug-likeness (QED) is 0.785. The summed E-state index contributed by atoms with van der Waals surface area (Å²) in [6.45, 7) is 4.97. The second-order valence-electron chi connectivity index (χ2n) is 4.11. The Morgan fingerprint density at radius 3 is 2.56 bits per heavy atom. The van der Waals surface area contributed by atoms with E-state index in [1.807, 2.05) is 13.8 Å². The van der Waals surface area contributed by atoms with Crippen LogP contribution in [-0.2, 0) is 11.3 Å². The Bertz CT molecular complexity index is 312. The molecule has 0 saturated heterocycles. The molecule has 0 atom stereocenters. The van der Waals surface area contributed by atoms with Crippen molar-refractivity contribution in [3.63, 3.8) is 0 Å². The smallest absolute Gasteiger partial charge is 0.232 e. The molecule has 0 aliphatic carbocycles. The van der Waals surface area contributed by atoms with Gasteiger partial charge in [-0.25, -0.2) is 4.98 Å². The summed E-state index contributed by atoms with van der Waals surface area (Å²) >= 11 is 0. The summed E-state index contributed by atoms with van der Waals surface area (Å²) in [7, 11) is 1.69. The molecule has 1 aromatic rings. The Hall–Kier alpha value is -1.20. The van der Waals surface area contributed by atoms with Crippen molar-refractivity contribution < 1.29 is 9.47 Å². The van der Waals surface area contributed by atoms with Gasteiger partial charge in [0.2, 0.25) is 5.88 Å². The predicted molar refractivity (Wildman–Crippen MR) is 61.1 cm³/mol. The van der Waals surface area contributed by atoms with Gasteiger partial charge in [-0.2, -0.15) is 0 Å². The fourth-order valence-corrected chi connectivity index (χ4v) is 1.03. The predicted octanol–water partition coefficient (Wildman–Crippen LogP) is 1.13. The highest BCUT2D eigenvalue weighted by atomic mass is 16.5. The van der Waals surface area contributed by atoms with Crippen molar-refractivity contribution in [2.75, 3.05) is 13.7 Å². The van der Waals surface area contributed by atoms with Crippen LogP contribution in [0.1, 0.15) is 26.0 Å². The summed E-state index contributed by atoms with van der Waals surface area (Å²) in [6.07, 6.45) is 4.00. The SMILES string of the molecule is COC(C)(C)CCOc1cnc(CN)cn1. The number of rotatable bonds is 6. The van der Waals surface area contributed by atoms with Gasteiger partial charge < -0.3 is 15.2 Å². The van der Waals surface area contributed by atoms with Crippen molar-refractivity contribution in [2.24, 2.45) is 5.73 Å². The van der Waals surface area contributed by atoms with Crippen LogP contribution in [0.4, 0.5) is 0 Å². The highest BCUT2D eigenvalue weighted by Gasteiger charge is 2.16. The van der Waals surface area contributed by atoms with Crippen molar-refractivity contribution in [1.29, 1.82) is 0 Å². The van der Waals surface area contributed by atoms with E-state index in [0.717, 1.165) is 12.1 Å². The molecule has 90 valence electrons. The second-order valence-corrected chi connectivity index (χ2v) is 4.11. The Morgan fingerprint density at radius 2 is 2.06 bits per heavy atom. The lowest BCUT2D eigenvalue weighted by Crippen LogP contribution is -2.25. The molecule has 1 heterocycles. The van der Waals surface area contributed by atoms with Crippen molar-refractivity contribution in [2.45, 2.75) is 32.4 Å². The molecule has 0 amide bonds. The number of nitrogens with two attached hydrogens (primary N) is 1. The highest BCUT2D eigenvalue weighted by molar-refractivity contribution is 5.06. The van der Waals surface area contributed by atoms with Crippen molar-refractivity contribution in [3.8, 4) is 5.88 Å². The van der Waals surface area contributed by atoms with Crippen LogP contribution < -0.4 is 10.5 Å². The molecular formula is C11H19N3O2. The molecule has 5 nitrogen and oxygen atoms in total. The molecule has 0 aliphatic rings. The maximum Gasteiger partial charge on any atom is 0.232 e. The minimum absolute atomic E-state index is 0.176. The third kappa shape index (κ3) is 4.12. The van der Waals surface area contributed by atoms with Gasteiger partial charge in [0, 0.05) is 20.1 Å². The summed E-state index contributed by atoms with van der Waals surface area (Å²) < 4.78 is 10.7. The molecule has 0 aromatic carbocycles. The maximum atomic E-state index is 5.45. The normalized spacial score (nSPS) is 11.5. The summed E-state index contributed by atoms with van der Waals surface area (Å²) in [6, 6.07) is 0. The molecule has 5 heteroatoms. The summed E-state index contributed by atoms with van der Waals surface area (Å²) in [5.74, 6) is 0.518. The monoisotopic (exact) mass is 225 g/mol. The number of nitrogens with zero attached hydrogens (tertiary/aromatic N) is 2. The maximum absolute atomic E-state index is 5.45. The molecule has 0 saturated carbocycles. The van der Waals surface area contributed by atoms with Crippen molar-refractivity contribution >= 4 is 0 Å². The number of hydrogen-bond acceptors (Lipinski definition) is 5. The lowest BCUT2D eigenvalue weighted by atomic mass is 10.1. The molecule has 0 spiro atoms. The molecular weight excluding hydrogens is 206 g/mol. The van der Waals surface area contributed by atoms with Gasteiger partial charge in [0.15, 0.2) is 0 Å². The van der Waals surface area contributed by atoms with Crippen LogP contribution in [0.25, 0.3) is 0 Å². The van der Waals surface area contributed by atoms with E-state index in [-0.39, 0.29) is 5.60 Å². The second kappa shape index (κ2) is 5.77. The summed E-state index contributed by atoms with van der Waals surface area (Å²) in [5, 5.41) is 0. The van der Waals surface area contributed by atoms with Gasteiger partial charge >= 0.3 is 0 Å². The fourth-order valence-electron chi connectivity index (χ4n) is 1.03. The van der Waals surface area contributed by atoms with E-state index in [9.17, 15) is 0 Å². The Balaban J connectivity index is 2.37. The molecule has 1 rings (SSSR count). The van der Waals surface area contributed by atoms with Crippen LogP contribution in [0, 0.1) is 0 Å². The fraction of sp³-hybridized carbons (Fsp3) is 0.636. The molecule has 0 radical (unpaired) electrons. The molecule has 2 N–H and O–H groups in total. The Kier molecular flexibility index (Phi) is 4.64. The molecule has 0 bridgehead atoms. The zero-order valence-corrected chi connectivity index (χ0v) is 10.1. The summed E-state index contributed by atoms with van der Waals surface area (Å²) in [4.78, 5) is 8.18. The van der Waals surface area contributed by atoms with Crippen LogP contribution in [0.5, 0.6) is 5.88 Å². The van der Waals surface area contributed by atoms with Gasteiger partial charge in [-0.1, -0.05) is 0 Å². The minimum atomic E-state index is -0.176. The lowest BCUT2D eigenvalue weighted by molar-refractivity contribution is 0.00504. The third-order valence-corrected chi connectivity index (χ3v) is 2.40. The largest absolute Gasteiger partial charge is 0.476 e. The topological polar surface area (TPSA) is 70.3 Å². The molecule has 0 aliphatic heterocycles. The molecule has 0 fully saturated rings. The third-order valence-electron chi connectivity index (χ3n) is 2.40. The Labute approximate surface area is 96.0 Å². The van der Waals surface area contributed by atoms with E-state index in [0.29, 0.717) is 19.0 Å². The van der Waals surface area contributed by atoms with E-state index >= 15 is 0 Å². The number of ether oxygens (including phenoxy) is 2. The van der Waals surface area contributed by atoms with Gasteiger partial charge in [-0.3, -0.25) is 4.98 Å². The van der Waals surface area contributed by atoms with Crippen LogP contribution in [0.3, 0.4) is 0 Å². The van der Waals surface area contributed by atoms with Crippen molar-refractivity contribution in [1.82, 2.24) is 9.97 Å². The van der Waals surface area contributed by atoms with Crippen molar-refractivity contribution in [3.05, 3.63) is 18.1 Å².